The number of thiazole rings is 1. The van der Waals surface area contributed by atoms with E-state index in [2.05, 4.69) is 22.4 Å². The summed E-state index contributed by atoms with van der Waals surface area (Å²) in [5.74, 6) is 0.0324. The summed E-state index contributed by atoms with van der Waals surface area (Å²) in [6, 6.07) is 9.70. The van der Waals surface area contributed by atoms with Crippen LogP contribution in [-0.4, -0.2) is 30.1 Å². The van der Waals surface area contributed by atoms with Gasteiger partial charge in [-0.05, 0) is 24.3 Å². The number of aromatic nitrogens is 1. The minimum Gasteiger partial charge on any atom is -0.381 e. The fraction of sp³-hybridized carbons (Fsp3) is 0.412. The quantitative estimate of drug-likeness (QED) is 0.851. The Morgan fingerprint density at radius 3 is 2.75 bits per heavy atom. The second-order valence-corrected chi connectivity index (χ2v) is 6.87. The molecule has 1 aliphatic rings. The van der Waals surface area contributed by atoms with E-state index < -0.39 is 6.04 Å². The molecule has 1 aliphatic heterocycles. The first-order valence-electron chi connectivity index (χ1n) is 7.85. The average molecular weight is 368 g/mol. The molecule has 1 aromatic carbocycles. The zero-order chi connectivity index (χ0) is 16.1. The molecular formula is C17H22ClN3O2S. The third kappa shape index (κ3) is 5.01. The number of halogens is 1. The summed E-state index contributed by atoms with van der Waals surface area (Å²) in [5.41, 5.74) is 7.31. The smallest absolute Gasteiger partial charge is 0.243 e. The van der Waals surface area contributed by atoms with Crippen molar-refractivity contribution in [2.24, 2.45) is 11.7 Å². The number of hydrogen-bond donors (Lipinski definition) is 2. The summed E-state index contributed by atoms with van der Waals surface area (Å²) in [7, 11) is 0. The molecule has 0 bridgehead atoms. The Hall–Kier alpha value is -1.47. The highest BCUT2D eigenvalue weighted by Gasteiger charge is 2.27. The molecule has 0 aliphatic carbocycles. The van der Waals surface area contributed by atoms with Crippen molar-refractivity contribution in [2.75, 3.05) is 18.5 Å². The van der Waals surface area contributed by atoms with E-state index in [1.807, 2.05) is 24.4 Å². The number of nitrogens with one attached hydrogen (secondary N) is 1. The van der Waals surface area contributed by atoms with Gasteiger partial charge in [0.25, 0.3) is 0 Å². The molecule has 24 heavy (non-hydrogen) atoms. The number of rotatable bonds is 5. The second kappa shape index (κ2) is 9.13. The first-order valence-corrected chi connectivity index (χ1v) is 8.67. The molecule has 1 unspecified atom stereocenters. The molecule has 1 amide bonds. The van der Waals surface area contributed by atoms with Crippen LogP contribution in [0.2, 0.25) is 0 Å². The van der Waals surface area contributed by atoms with Crippen LogP contribution in [0.4, 0.5) is 5.13 Å². The minimum atomic E-state index is -0.500. The lowest BCUT2D eigenvalue weighted by Crippen LogP contribution is -2.43. The Morgan fingerprint density at radius 1 is 1.33 bits per heavy atom. The predicted octanol–water partition coefficient (Wildman–Crippen LogP) is 2.85. The van der Waals surface area contributed by atoms with Crippen molar-refractivity contribution in [3.05, 3.63) is 47.0 Å². The van der Waals surface area contributed by atoms with E-state index in [1.165, 1.54) is 16.9 Å². The van der Waals surface area contributed by atoms with Crippen molar-refractivity contribution in [2.45, 2.75) is 25.3 Å². The molecule has 1 atom stereocenters. The Morgan fingerprint density at radius 2 is 2.04 bits per heavy atom. The van der Waals surface area contributed by atoms with Gasteiger partial charge in [-0.3, -0.25) is 4.79 Å². The van der Waals surface area contributed by atoms with Crippen molar-refractivity contribution in [3.63, 3.8) is 0 Å². The molecule has 0 saturated carbocycles. The highest BCUT2D eigenvalue weighted by atomic mass is 35.5. The molecule has 5 nitrogen and oxygen atoms in total. The molecule has 0 radical (unpaired) electrons. The van der Waals surface area contributed by atoms with Gasteiger partial charge >= 0.3 is 0 Å². The van der Waals surface area contributed by atoms with Gasteiger partial charge in [0, 0.05) is 30.7 Å². The highest BCUT2D eigenvalue weighted by Crippen LogP contribution is 2.23. The molecule has 1 fully saturated rings. The summed E-state index contributed by atoms with van der Waals surface area (Å²) >= 11 is 1.50. The predicted molar refractivity (Wildman–Crippen MR) is 98.8 cm³/mol. The lowest BCUT2D eigenvalue weighted by atomic mass is 9.92. The van der Waals surface area contributed by atoms with Crippen LogP contribution in [0.15, 0.2) is 36.5 Å². The van der Waals surface area contributed by atoms with E-state index in [0.29, 0.717) is 18.3 Å². The summed E-state index contributed by atoms with van der Waals surface area (Å²) in [6.07, 6.45) is 4.31. The average Bonchev–Trinajstić information content (AvgIpc) is 3.02. The van der Waals surface area contributed by atoms with Gasteiger partial charge < -0.3 is 15.8 Å². The van der Waals surface area contributed by atoms with Crippen molar-refractivity contribution in [3.8, 4) is 0 Å². The number of nitrogens with two attached hydrogens (primary N) is 1. The minimum absolute atomic E-state index is 0. The van der Waals surface area contributed by atoms with Gasteiger partial charge in [-0.15, -0.1) is 23.7 Å². The molecule has 3 rings (SSSR count). The summed E-state index contributed by atoms with van der Waals surface area (Å²) < 4.78 is 5.31. The standard InChI is InChI=1S/C17H21N3O2S.ClH/c18-15(13-6-8-22-9-7-13)16(21)20-17-19-11-14(23-17)10-12-4-2-1-3-5-12;/h1-5,11,13,15H,6-10,18H2,(H,19,20,21);1H. The first kappa shape index (κ1) is 18.9. The molecule has 130 valence electrons. The van der Waals surface area contributed by atoms with Crippen LogP contribution in [0.1, 0.15) is 23.3 Å². The van der Waals surface area contributed by atoms with Crippen LogP contribution in [0.5, 0.6) is 0 Å². The van der Waals surface area contributed by atoms with Gasteiger partial charge in [0.15, 0.2) is 5.13 Å². The third-order valence-electron chi connectivity index (χ3n) is 4.08. The summed E-state index contributed by atoms with van der Waals surface area (Å²) in [4.78, 5) is 17.7. The van der Waals surface area contributed by atoms with Gasteiger partial charge in [0.05, 0.1) is 6.04 Å². The van der Waals surface area contributed by atoms with Crippen molar-refractivity contribution >= 4 is 34.8 Å². The van der Waals surface area contributed by atoms with Crippen molar-refractivity contribution in [1.82, 2.24) is 4.98 Å². The Labute approximate surface area is 152 Å². The number of anilines is 1. The van der Waals surface area contributed by atoms with E-state index in [9.17, 15) is 4.79 Å². The molecule has 1 saturated heterocycles. The Kier molecular flexibility index (Phi) is 7.17. The maximum atomic E-state index is 12.3. The van der Waals surface area contributed by atoms with E-state index >= 15 is 0 Å². The fourth-order valence-electron chi connectivity index (χ4n) is 2.72. The molecule has 1 aromatic heterocycles. The van der Waals surface area contributed by atoms with Crippen molar-refractivity contribution in [1.29, 1.82) is 0 Å². The molecular weight excluding hydrogens is 346 g/mol. The SMILES string of the molecule is Cl.NC(C(=O)Nc1ncc(Cc2ccccc2)s1)C1CCOCC1. The van der Waals surface area contributed by atoms with Crippen molar-refractivity contribution < 1.29 is 9.53 Å². The van der Waals surface area contributed by atoms with E-state index in [4.69, 9.17) is 10.5 Å². The normalized spacial score (nSPS) is 16.2. The molecule has 2 aromatic rings. The zero-order valence-electron chi connectivity index (χ0n) is 13.3. The molecule has 7 heteroatoms. The topological polar surface area (TPSA) is 77.2 Å². The maximum absolute atomic E-state index is 12.3. The largest absolute Gasteiger partial charge is 0.381 e. The Balaban J connectivity index is 0.00000208. The van der Waals surface area contributed by atoms with Crippen LogP contribution in [0, 0.1) is 5.92 Å². The maximum Gasteiger partial charge on any atom is 0.243 e. The fourth-order valence-corrected chi connectivity index (χ4v) is 3.57. The zero-order valence-corrected chi connectivity index (χ0v) is 14.9. The number of nitrogens with zero attached hydrogens (tertiary/aromatic N) is 1. The van der Waals surface area contributed by atoms with Gasteiger partial charge in [-0.25, -0.2) is 4.98 Å². The van der Waals surface area contributed by atoms with Crippen LogP contribution in [-0.2, 0) is 16.0 Å². The number of carbonyl (C=O) groups is 1. The highest BCUT2D eigenvalue weighted by molar-refractivity contribution is 7.15. The second-order valence-electron chi connectivity index (χ2n) is 5.76. The third-order valence-corrected chi connectivity index (χ3v) is 4.99. The number of amides is 1. The van der Waals surface area contributed by atoms with Gasteiger partial charge in [-0.2, -0.15) is 0 Å². The monoisotopic (exact) mass is 367 g/mol. The van der Waals surface area contributed by atoms with Crippen LogP contribution in [0.3, 0.4) is 0 Å². The molecule has 0 spiro atoms. The number of benzene rings is 1. The van der Waals surface area contributed by atoms with Crippen LogP contribution in [0.25, 0.3) is 0 Å². The summed E-state index contributed by atoms with van der Waals surface area (Å²) in [5, 5.41) is 3.46. The number of carbonyl (C=O) groups excluding carboxylic acids is 1. The van der Waals surface area contributed by atoms with Crippen LogP contribution >= 0.6 is 23.7 Å². The Bertz CT molecular complexity index is 644. The van der Waals surface area contributed by atoms with E-state index in [-0.39, 0.29) is 24.2 Å². The number of ether oxygens (including phenoxy) is 1. The van der Waals surface area contributed by atoms with Gasteiger partial charge in [0.2, 0.25) is 5.91 Å². The van der Waals surface area contributed by atoms with Gasteiger partial charge in [0.1, 0.15) is 0 Å². The lowest BCUT2D eigenvalue weighted by Gasteiger charge is -2.26. The van der Waals surface area contributed by atoms with E-state index in [1.54, 1.807) is 0 Å². The van der Waals surface area contributed by atoms with Gasteiger partial charge in [-0.1, -0.05) is 30.3 Å². The molecule has 3 N–H and O–H groups in total. The summed E-state index contributed by atoms with van der Waals surface area (Å²) in [6.45, 7) is 1.37. The lowest BCUT2D eigenvalue weighted by molar-refractivity contribution is -0.119. The molecule has 2 heterocycles. The van der Waals surface area contributed by atoms with Crippen LogP contribution < -0.4 is 11.1 Å². The van der Waals surface area contributed by atoms with E-state index in [0.717, 1.165) is 24.1 Å². The number of hydrogen-bond acceptors (Lipinski definition) is 5. The first-order chi connectivity index (χ1) is 11.2.